The molecule has 0 spiro atoms. The minimum absolute atomic E-state index is 0.463. The van der Waals surface area contributed by atoms with Gasteiger partial charge in [-0.3, -0.25) is 0 Å². The van der Waals surface area contributed by atoms with Gasteiger partial charge in [-0.1, -0.05) is 479 Å². The zero-order chi connectivity index (χ0) is 94.5. The maximum absolute atomic E-state index is 5.42. The van der Waals surface area contributed by atoms with Gasteiger partial charge < -0.3 is 0 Å². The number of hydrogen-bond acceptors (Lipinski definition) is 6. The summed E-state index contributed by atoms with van der Waals surface area (Å²) in [7, 11) is 0. The number of para-hydroxylation sites is 1. The highest BCUT2D eigenvalue weighted by molar-refractivity contribution is 6.15. The van der Waals surface area contributed by atoms with Gasteiger partial charge in [0, 0.05) is 54.9 Å². The second-order valence-electron chi connectivity index (χ2n) is 37.5. The molecule has 0 amide bonds. The van der Waals surface area contributed by atoms with E-state index in [2.05, 4.69) is 528 Å². The van der Waals surface area contributed by atoms with E-state index in [-0.39, 0.29) is 0 Å². The molecule has 6 nitrogen and oxygen atoms in total. The summed E-state index contributed by atoms with van der Waals surface area (Å²) in [5, 5.41) is 14.8. The highest BCUT2D eigenvalue weighted by atomic mass is 14.9. The van der Waals surface area contributed by atoms with Crippen molar-refractivity contribution in [2.75, 3.05) is 0 Å². The van der Waals surface area contributed by atoms with E-state index < -0.39 is 16.2 Å². The van der Waals surface area contributed by atoms with Crippen molar-refractivity contribution in [1.29, 1.82) is 0 Å². The molecule has 0 atom stereocenters. The number of nitrogens with zero attached hydrogens (tertiary/aromatic N) is 6. The van der Waals surface area contributed by atoms with Crippen molar-refractivity contribution < 1.29 is 0 Å². The molecule has 666 valence electrons. The van der Waals surface area contributed by atoms with Gasteiger partial charge in [0.05, 0.1) is 49.9 Å². The van der Waals surface area contributed by atoms with Crippen LogP contribution in [0, 0.1) is 0 Å². The topological polar surface area (TPSA) is 77.3 Å². The lowest BCUT2D eigenvalue weighted by Crippen LogP contribution is -2.28. The molecule has 3 heterocycles. The minimum Gasteiger partial charge on any atom is -0.228 e. The summed E-state index contributed by atoms with van der Waals surface area (Å²) in [6.45, 7) is 0. The molecule has 3 aliphatic carbocycles. The Morgan fingerprint density at radius 1 is 0.140 bits per heavy atom. The van der Waals surface area contributed by atoms with E-state index in [4.69, 9.17) is 29.9 Å². The molecule has 143 heavy (non-hydrogen) atoms. The first-order valence-corrected chi connectivity index (χ1v) is 49.1. The van der Waals surface area contributed by atoms with Gasteiger partial charge in [-0.2, -0.15) is 0 Å². The first-order chi connectivity index (χ1) is 70.9. The monoisotopic (exact) mass is 1820 g/mol. The Balaban J connectivity index is 0.000000107. The molecule has 0 bridgehead atoms. The SMILES string of the molecule is c1ccc(-c2nc(-c3cccc4cc5c(cc34)C(c3ccccc3)(c3ccccc3)c3ccccc3-5)nc3c2ccc2ccccc23)cc1.c1ccc(-c2nc(-c3cccc4cc5c(cc34)C(c3ccccc3)(c3ccccc3)c3ccccc3-5)nc3ccc4ccccc4c23)cc1.c1ccc(-c2nc(-c3cccc4cc5c(cc34)C(c3ccccc3)(c3ccccc3)c3ccccc3-5)nc3ccccc23)cc1. The van der Waals surface area contributed by atoms with Crippen molar-refractivity contribution in [1.82, 2.24) is 29.9 Å². The van der Waals surface area contributed by atoms with E-state index in [0.29, 0.717) is 0 Å². The van der Waals surface area contributed by atoms with Gasteiger partial charge in [0.15, 0.2) is 17.5 Å². The highest BCUT2D eigenvalue weighted by Crippen LogP contribution is 2.62. The van der Waals surface area contributed by atoms with Crippen LogP contribution in [0.3, 0.4) is 0 Å². The molecule has 0 radical (unpaired) electrons. The Labute approximate surface area is 828 Å². The van der Waals surface area contributed by atoms with E-state index >= 15 is 0 Å². The molecule has 0 N–H and O–H groups in total. The standard InChI is InChI=1S/2C47H30N2.C43H28N2/c1-4-16-32(17-5-1)45-44-36-23-11-10-15-31(36)27-28-43(44)48-46(49-45)38-25-14-18-33-29-40-37-24-12-13-26-41(37)47(42(40)30-39(33)38,34-19-6-2-7-20-34)35-21-8-3-9-22-35;1-4-16-32(17-5-1)44-39-28-27-31-15-10-11-23-36(31)45(39)49-46(48-44)38-25-14-18-33-29-41-37-24-12-13-26-42(37)47(43(41)30-40(33)38,34-19-6-2-7-20-34)35-21-8-3-9-22-35;1-4-15-29(16-5-1)41-35-23-11-13-26-40(35)44-42(45-41)34-24-14-17-30-27-37-33-22-10-12-25-38(33)43(39(37)28-36(30)34,31-18-6-2-7-19-31)32-20-8-3-9-21-32/h2*1-30H;1-28H. The van der Waals surface area contributed by atoms with Gasteiger partial charge in [0.2, 0.25) is 0 Å². The first kappa shape index (κ1) is 83.7. The molecule has 26 aromatic rings. The Morgan fingerprint density at radius 2 is 0.420 bits per heavy atom. The smallest absolute Gasteiger partial charge is 0.161 e. The van der Waals surface area contributed by atoms with Gasteiger partial charge in [-0.25, -0.2) is 29.9 Å². The predicted octanol–water partition coefficient (Wildman–Crippen LogP) is 33.7. The molecule has 23 aromatic carbocycles. The maximum Gasteiger partial charge on any atom is 0.161 e. The number of aromatic nitrogens is 6. The Hall–Kier alpha value is -18.6. The molecule has 29 rings (SSSR count). The summed E-state index contributed by atoms with van der Waals surface area (Å²) in [5.74, 6) is 2.19. The Morgan fingerprint density at radius 3 is 0.818 bits per heavy atom. The first-order valence-electron chi connectivity index (χ1n) is 49.1. The lowest BCUT2D eigenvalue weighted by atomic mass is 9.67. The van der Waals surface area contributed by atoms with Crippen LogP contribution in [-0.2, 0) is 16.2 Å². The average molecular weight is 1820 g/mol. The summed E-state index contributed by atoms with van der Waals surface area (Å²) >= 11 is 0. The fourth-order valence-corrected chi connectivity index (χ4v) is 23.9. The normalized spacial score (nSPS) is 13.1. The Kier molecular flexibility index (Phi) is 20.2. The summed E-state index contributed by atoms with van der Waals surface area (Å²) in [6.07, 6.45) is 0. The second-order valence-corrected chi connectivity index (χ2v) is 37.5. The van der Waals surface area contributed by atoms with Gasteiger partial charge in [-0.05, 0) is 203 Å². The van der Waals surface area contributed by atoms with Gasteiger partial charge >= 0.3 is 0 Å². The van der Waals surface area contributed by atoms with E-state index in [0.717, 1.165) is 128 Å². The van der Waals surface area contributed by atoms with Crippen LogP contribution in [0.1, 0.15) is 66.8 Å². The number of rotatable bonds is 12. The molecule has 3 aliphatic rings. The van der Waals surface area contributed by atoms with Crippen LogP contribution >= 0.6 is 0 Å². The lowest BCUT2D eigenvalue weighted by Gasteiger charge is -2.34. The van der Waals surface area contributed by atoms with Crippen molar-refractivity contribution >= 4 is 86.6 Å². The van der Waals surface area contributed by atoms with E-state index in [1.165, 1.54) is 127 Å². The van der Waals surface area contributed by atoms with Crippen LogP contribution in [0.2, 0.25) is 0 Å². The van der Waals surface area contributed by atoms with Crippen LogP contribution < -0.4 is 0 Å². The zero-order valence-corrected chi connectivity index (χ0v) is 78.0. The molecule has 0 saturated heterocycles. The quantitative estimate of drug-likeness (QED) is 0.113. The zero-order valence-electron chi connectivity index (χ0n) is 78.0. The molecule has 0 saturated carbocycles. The summed E-state index contributed by atoms with van der Waals surface area (Å²) in [4.78, 5) is 31.9. The third kappa shape index (κ3) is 13.5. The van der Waals surface area contributed by atoms with E-state index in [9.17, 15) is 0 Å². The number of benzene rings is 23. The second kappa shape index (κ2) is 34.5. The fraction of sp³-hybridized carbons (Fsp3) is 0.0219. The third-order valence-electron chi connectivity index (χ3n) is 30.0. The lowest BCUT2D eigenvalue weighted by molar-refractivity contribution is 0.769. The number of fused-ring (bicyclic) bond motifs is 19. The van der Waals surface area contributed by atoms with Gasteiger partial charge in [0.25, 0.3) is 0 Å². The summed E-state index contributed by atoms with van der Waals surface area (Å²) in [6, 6.07) is 192. The molecule has 6 heteroatoms. The minimum atomic E-state index is -0.481. The predicted molar refractivity (Wildman–Crippen MR) is 591 cm³/mol. The third-order valence-corrected chi connectivity index (χ3v) is 30.0. The van der Waals surface area contributed by atoms with Crippen molar-refractivity contribution in [3.63, 3.8) is 0 Å². The summed E-state index contributed by atoms with van der Waals surface area (Å²) in [5.41, 5.74) is 33.5. The van der Waals surface area contributed by atoms with Crippen LogP contribution in [0.25, 0.3) is 188 Å². The van der Waals surface area contributed by atoms with E-state index in [1.54, 1.807) is 0 Å². The van der Waals surface area contributed by atoms with Crippen LogP contribution in [0.4, 0.5) is 0 Å². The molecule has 0 aliphatic heterocycles. The number of hydrogen-bond donors (Lipinski definition) is 0. The molecular weight excluding hydrogens is 1730 g/mol. The Bertz CT molecular complexity index is 9380. The average Bonchev–Trinajstić information content (AvgIpc) is 1.54. The highest BCUT2D eigenvalue weighted by Gasteiger charge is 2.50. The van der Waals surface area contributed by atoms with Crippen LogP contribution in [0.15, 0.2) is 534 Å². The molecule has 0 unspecified atom stereocenters. The van der Waals surface area contributed by atoms with Crippen molar-refractivity contribution in [3.8, 4) is 101 Å². The van der Waals surface area contributed by atoms with Crippen LogP contribution in [-0.4, -0.2) is 29.9 Å². The van der Waals surface area contributed by atoms with Gasteiger partial charge in [-0.15, -0.1) is 0 Å². The fourth-order valence-electron chi connectivity index (χ4n) is 23.9. The summed E-state index contributed by atoms with van der Waals surface area (Å²) < 4.78 is 0. The molecule has 0 fully saturated rings. The van der Waals surface area contributed by atoms with Crippen molar-refractivity contribution in [2.45, 2.75) is 16.2 Å². The largest absolute Gasteiger partial charge is 0.228 e. The van der Waals surface area contributed by atoms with Crippen molar-refractivity contribution in [3.05, 3.63) is 601 Å². The molecular formula is C137H88N6. The molecule has 3 aromatic heterocycles. The van der Waals surface area contributed by atoms with E-state index in [1.807, 2.05) is 6.07 Å². The maximum atomic E-state index is 5.42. The van der Waals surface area contributed by atoms with Gasteiger partial charge in [0.1, 0.15) is 0 Å². The van der Waals surface area contributed by atoms with Crippen LogP contribution in [0.5, 0.6) is 0 Å². The van der Waals surface area contributed by atoms with Crippen molar-refractivity contribution in [2.24, 2.45) is 0 Å².